The van der Waals surface area contributed by atoms with E-state index in [4.69, 9.17) is 28.6 Å². The second-order valence-electron chi connectivity index (χ2n) is 8.49. The van der Waals surface area contributed by atoms with Crippen molar-refractivity contribution < 1.29 is 13.2 Å². The van der Waals surface area contributed by atoms with Crippen molar-refractivity contribution in [2.45, 2.75) is 37.1 Å². The lowest BCUT2D eigenvalue weighted by Gasteiger charge is -2.39. The Morgan fingerprint density at radius 1 is 1.03 bits per heavy atom. The number of methoxy groups -OCH3 is 1. The Hall–Kier alpha value is -2.45. The van der Waals surface area contributed by atoms with Crippen LogP contribution in [0.25, 0.3) is 0 Å². The van der Waals surface area contributed by atoms with E-state index >= 15 is 0 Å². The van der Waals surface area contributed by atoms with E-state index in [0.717, 1.165) is 29.0 Å². The van der Waals surface area contributed by atoms with Gasteiger partial charge in [-0.3, -0.25) is 0 Å². The van der Waals surface area contributed by atoms with Gasteiger partial charge in [0, 0.05) is 30.4 Å². The van der Waals surface area contributed by atoms with Gasteiger partial charge in [0.2, 0.25) is 10.0 Å². The highest BCUT2D eigenvalue weighted by molar-refractivity contribution is 7.89. The minimum atomic E-state index is -3.54. The Morgan fingerprint density at radius 2 is 1.66 bits per heavy atom. The zero-order chi connectivity index (χ0) is 25.0. The minimum Gasteiger partial charge on any atom is -0.497 e. The number of piperidine rings is 1. The second-order valence-corrected chi connectivity index (χ2v) is 11.2. The molecule has 1 aliphatic rings. The molecule has 0 atom stereocenters. The smallest absolute Gasteiger partial charge is 0.243 e. The Bertz CT molecular complexity index is 1270. The molecule has 0 spiro atoms. The van der Waals surface area contributed by atoms with Gasteiger partial charge in [-0.2, -0.15) is 4.31 Å². The monoisotopic (exact) mass is 528 g/mol. The lowest BCUT2D eigenvalue weighted by atomic mass is 10.0. The normalized spacial score (nSPS) is 15.1. The summed E-state index contributed by atoms with van der Waals surface area (Å²) in [6, 6.07) is 22.5. The van der Waals surface area contributed by atoms with Crippen molar-refractivity contribution in [1.29, 1.82) is 0 Å². The van der Waals surface area contributed by atoms with Gasteiger partial charge in [-0.15, -0.1) is 0 Å². The predicted octanol–water partition coefficient (Wildman–Crippen LogP) is 5.95. The van der Waals surface area contributed by atoms with Crippen molar-refractivity contribution in [2.24, 2.45) is 0 Å². The molecule has 0 unspecified atom stereocenters. The van der Waals surface area contributed by atoms with Crippen molar-refractivity contribution in [3.63, 3.8) is 0 Å². The average molecular weight is 529 g/mol. The molecule has 3 aromatic rings. The van der Waals surface area contributed by atoms with Crippen LogP contribution in [0, 0.1) is 0 Å². The van der Waals surface area contributed by atoms with E-state index in [1.165, 1.54) is 0 Å². The number of rotatable bonds is 7. The average Bonchev–Trinajstić information content (AvgIpc) is 2.90. The summed E-state index contributed by atoms with van der Waals surface area (Å²) >= 11 is 12.4. The molecule has 3 aromatic carbocycles. The van der Waals surface area contributed by atoms with E-state index in [0.29, 0.717) is 40.8 Å². The van der Waals surface area contributed by atoms with Gasteiger partial charge in [-0.05, 0) is 67.3 Å². The number of thiocarbonyl (C=S) groups is 1. The van der Waals surface area contributed by atoms with Gasteiger partial charge in [0.25, 0.3) is 0 Å². The molecule has 0 aromatic heterocycles. The standard InChI is InChI=1S/C27H29ClN2O3S2/c1-3-20-8-14-24(15-9-20)35(31,32)29-18-16-22(17-19-29)30(21-10-12-23(33-2)13-11-21)27(34)25-6-4-5-7-26(25)28/h4-15,22H,3,16-19H2,1-2H3. The van der Waals surface area contributed by atoms with Gasteiger partial charge < -0.3 is 9.64 Å². The summed E-state index contributed by atoms with van der Waals surface area (Å²) in [5, 5.41) is 0.589. The maximum atomic E-state index is 13.3. The molecule has 8 heteroatoms. The zero-order valence-electron chi connectivity index (χ0n) is 19.9. The van der Waals surface area contributed by atoms with Crippen LogP contribution in [0.3, 0.4) is 0 Å². The van der Waals surface area contributed by atoms with Crippen LogP contribution >= 0.6 is 23.8 Å². The van der Waals surface area contributed by atoms with Crippen molar-refractivity contribution in [3.05, 3.63) is 88.9 Å². The summed E-state index contributed by atoms with van der Waals surface area (Å²) in [5.41, 5.74) is 2.82. The van der Waals surface area contributed by atoms with Crippen LogP contribution in [0.5, 0.6) is 5.75 Å². The van der Waals surface area contributed by atoms with Crippen LogP contribution in [0.4, 0.5) is 5.69 Å². The fraction of sp³-hybridized carbons (Fsp3) is 0.296. The Balaban J connectivity index is 1.58. The van der Waals surface area contributed by atoms with Gasteiger partial charge in [-0.1, -0.05) is 61.1 Å². The third-order valence-corrected chi connectivity index (χ3v) is 9.09. The Morgan fingerprint density at radius 3 is 2.23 bits per heavy atom. The molecular weight excluding hydrogens is 500 g/mol. The number of sulfonamides is 1. The highest BCUT2D eigenvalue weighted by Crippen LogP contribution is 2.31. The summed E-state index contributed by atoms with van der Waals surface area (Å²) in [6.45, 7) is 2.89. The topological polar surface area (TPSA) is 49.9 Å². The number of anilines is 1. The third-order valence-electron chi connectivity index (χ3n) is 6.43. The molecule has 184 valence electrons. The molecule has 35 heavy (non-hydrogen) atoms. The highest BCUT2D eigenvalue weighted by Gasteiger charge is 2.33. The number of ether oxygens (including phenoxy) is 1. The summed E-state index contributed by atoms with van der Waals surface area (Å²) in [6.07, 6.45) is 2.16. The Kier molecular flexibility index (Phi) is 8.12. The van der Waals surface area contributed by atoms with Crippen LogP contribution in [-0.4, -0.2) is 44.0 Å². The third kappa shape index (κ3) is 5.54. The van der Waals surface area contributed by atoms with Crippen molar-refractivity contribution in [3.8, 4) is 5.75 Å². The molecule has 0 amide bonds. The minimum absolute atomic E-state index is 0.0288. The van der Waals surface area contributed by atoms with E-state index in [2.05, 4.69) is 11.8 Å². The first-order chi connectivity index (χ1) is 16.8. The van der Waals surface area contributed by atoms with E-state index in [9.17, 15) is 8.42 Å². The quantitative estimate of drug-likeness (QED) is 0.355. The summed E-state index contributed by atoms with van der Waals surface area (Å²) in [7, 11) is -1.91. The maximum absolute atomic E-state index is 13.3. The van der Waals surface area contributed by atoms with Crippen LogP contribution in [0.15, 0.2) is 77.7 Å². The fourth-order valence-corrected chi connectivity index (χ4v) is 6.57. The van der Waals surface area contributed by atoms with E-state index in [1.807, 2.05) is 60.7 Å². The molecule has 0 saturated carbocycles. The molecule has 0 aliphatic carbocycles. The van der Waals surface area contributed by atoms with Gasteiger partial charge in [-0.25, -0.2) is 8.42 Å². The highest BCUT2D eigenvalue weighted by atomic mass is 35.5. The number of hydrogen-bond acceptors (Lipinski definition) is 4. The predicted molar refractivity (Wildman–Crippen MR) is 146 cm³/mol. The van der Waals surface area contributed by atoms with Crippen molar-refractivity contribution in [1.82, 2.24) is 4.31 Å². The number of aryl methyl sites for hydroxylation is 1. The number of halogens is 1. The number of hydrogen-bond donors (Lipinski definition) is 0. The second kappa shape index (κ2) is 11.1. The summed E-state index contributed by atoms with van der Waals surface area (Å²) < 4.78 is 33.4. The molecule has 5 nitrogen and oxygen atoms in total. The largest absolute Gasteiger partial charge is 0.497 e. The molecule has 1 saturated heterocycles. The lowest BCUT2D eigenvalue weighted by molar-refractivity contribution is 0.320. The van der Waals surface area contributed by atoms with Crippen molar-refractivity contribution >= 4 is 44.5 Å². The molecule has 0 N–H and O–H groups in total. The number of benzene rings is 3. The first kappa shape index (κ1) is 25.6. The molecule has 1 heterocycles. The summed E-state index contributed by atoms with van der Waals surface area (Å²) in [5.74, 6) is 0.757. The fourth-order valence-electron chi connectivity index (χ4n) is 4.39. The first-order valence-corrected chi connectivity index (χ1v) is 13.9. The van der Waals surface area contributed by atoms with Crippen LogP contribution in [0.1, 0.15) is 30.9 Å². The summed E-state index contributed by atoms with van der Waals surface area (Å²) in [4.78, 5) is 3.07. The molecule has 1 aliphatic heterocycles. The van der Waals surface area contributed by atoms with E-state index in [1.54, 1.807) is 23.5 Å². The van der Waals surface area contributed by atoms with Gasteiger partial charge >= 0.3 is 0 Å². The van der Waals surface area contributed by atoms with Gasteiger partial charge in [0.05, 0.1) is 17.0 Å². The van der Waals surface area contributed by atoms with E-state index in [-0.39, 0.29) is 6.04 Å². The van der Waals surface area contributed by atoms with Gasteiger partial charge in [0.15, 0.2) is 0 Å². The lowest BCUT2D eigenvalue weighted by Crippen LogP contribution is -2.48. The molecule has 1 fully saturated rings. The SMILES string of the molecule is CCc1ccc(S(=O)(=O)N2CCC(N(C(=S)c3ccccc3Cl)c3ccc(OC)cc3)CC2)cc1. The maximum Gasteiger partial charge on any atom is 0.243 e. The van der Waals surface area contributed by atoms with Gasteiger partial charge in [0.1, 0.15) is 10.7 Å². The molecule has 4 rings (SSSR count). The van der Waals surface area contributed by atoms with Crippen molar-refractivity contribution in [2.75, 3.05) is 25.1 Å². The molecular formula is C27H29ClN2O3S2. The van der Waals surface area contributed by atoms with Crippen LogP contribution in [0.2, 0.25) is 5.02 Å². The number of nitrogens with zero attached hydrogens (tertiary/aromatic N) is 2. The molecule has 0 bridgehead atoms. The van der Waals surface area contributed by atoms with E-state index < -0.39 is 10.0 Å². The molecule has 0 radical (unpaired) electrons. The first-order valence-electron chi connectivity index (χ1n) is 11.7. The zero-order valence-corrected chi connectivity index (χ0v) is 22.2. The Labute approximate surface area is 218 Å². The van der Waals surface area contributed by atoms with Crippen LogP contribution < -0.4 is 9.64 Å². The van der Waals surface area contributed by atoms with Crippen LogP contribution in [-0.2, 0) is 16.4 Å².